The van der Waals surface area contributed by atoms with Gasteiger partial charge in [-0.3, -0.25) is 13.9 Å². The average molecular weight is 602 g/mol. The molecule has 1 N–H and O–H groups in total. The Morgan fingerprint density at radius 2 is 1.66 bits per heavy atom. The van der Waals surface area contributed by atoms with Crippen LogP contribution in [0.2, 0.25) is 5.02 Å². The van der Waals surface area contributed by atoms with E-state index >= 15 is 0 Å². The highest BCUT2D eigenvalue weighted by atomic mass is 35.5. The number of halogens is 1. The first-order valence-corrected chi connectivity index (χ1v) is 15.0. The molecule has 9 nitrogen and oxygen atoms in total. The number of nitrogens with one attached hydrogen (secondary N) is 1. The van der Waals surface area contributed by atoms with Crippen LogP contribution in [0.1, 0.15) is 31.4 Å². The van der Waals surface area contributed by atoms with Crippen LogP contribution in [0.15, 0.2) is 71.6 Å². The Kier molecular flexibility index (Phi) is 11.0. The number of ether oxygens (including phenoxy) is 2. The first kappa shape index (κ1) is 31.8. The van der Waals surface area contributed by atoms with Crippen molar-refractivity contribution in [3.63, 3.8) is 0 Å². The van der Waals surface area contributed by atoms with E-state index in [0.29, 0.717) is 29.3 Å². The van der Waals surface area contributed by atoms with Gasteiger partial charge in [0.05, 0.1) is 24.8 Å². The first-order chi connectivity index (χ1) is 19.6. The molecule has 0 spiro atoms. The second kappa shape index (κ2) is 14.2. The van der Waals surface area contributed by atoms with E-state index < -0.39 is 28.5 Å². The second-order valence-corrected chi connectivity index (χ2v) is 11.6. The minimum atomic E-state index is -4.28. The number of hydrogen-bond acceptors (Lipinski definition) is 6. The number of sulfonamides is 1. The van der Waals surface area contributed by atoms with Gasteiger partial charge in [-0.2, -0.15) is 0 Å². The van der Waals surface area contributed by atoms with Crippen LogP contribution in [0, 0.1) is 6.92 Å². The number of nitrogens with zero attached hydrogens (tertiary/aromatic N) is 2. The number of carbonyl (C=O) groups excluding carboxylic acids is 2. The van der Waals surface area contributed by atoms with Crippen molar-refractivity contribution in [2.45, 2.75) is 44.7 Å². The van der Waals surface area contributed by atoms with Gasteiger partial charge in [-0.05, 0) is 56.2 Å². The number of carbonyl (C=O) groups is 2. The fourth-order valence-electron chi connectivity index (χ4n) is 4.36. The number of benzene rings is 3. The number of hydrogen-bond donors (Lipinski definition) is 1. The summed E-state index contributed by atoms with van der Waals surface area (Å²) in [7, 11) is -1.41. The van der Waals surface area contributed by atoms with Crippen molar-refractivity contribution in [1.82, 2.24) is 10.2 Å². The summed E-state index contributed by atoms with van der Waals surface area (Å²) in [6.07, 6.45) is 0.301. The topological polar surface area (TPSA) is 105 Å². The van der Waals surface area contributed by atoms with Gasteiger partial charge in [-0.15, -0.1) is 0 Å². The lowest BCUT2D eigenvalue weighted by Crippen LogP contribution is -2.52. The Labute approximate surface area is 247 Å². The maximum atomic E-state index is 14.2. The molecule has 3 rings (SSSR count). The Balaban J connectivity index is 2.16. The first-order valence-electron chi connectivity index (χ1n) is 13.2. The fourth-order valence-corrected chi connectivity index (χ4v) is 5.98. The van der Waals surface area contributed by atoms with Crippen molar-refractivity contribution in [3.05, 3.63) is 82.9 Å². The Bertz CT molecular complexity index is 1460. The zero-order chi connectivity index (χ0) is 30.2. The van der Waals surface area contributed by atoms with Crippen LogP contribution in [-0.4, -0.2) is 58.5 Å². The summed E-state index contributed by atoms with van der Waals surface area (Å²) >= 11 is 6.43. The maximum Gasteiger partial charge on any atom is 0.264 e. The fraction of sp³-hybridized carbons (Fsp3) is 0.333. The summed E-state index contributed by atoms with van der Waals surface area (Å²) in [5.74, 6) is -0.340. The van der Waals surface area contributed by atoms with Gasteiger partial charge in [-0.1, -0.05) is 54.4 Å². The molecule has 3 aromatic rings. The number of methoxy groups -OCH3 is 2. The molecule has 41 heavy (non-hydrogen) atoms. The quantitative estimate of drug-likeness (QED) is 0.302. The number of aryl methyl sites for hydroxylation is 1. The maximum absolute atomic E-state index is 14.2. The molecular weight excluding hydrogens is 566 g/mol. The zero-order valence-corrected chi connectivity index (χ0v) is 25.5. The minimum absolute atomic E-state index is 0.00180. The van der Waals surface area contributed by atoms with E-state index in [9.17, 15) is 18.0 Å². The van der Waals surface area contributed by atoms with E-state index in [0.717, 1.165) is 9.87 Å². The number of rotatable bonds is 13. The predicted molar refractivity (Wildman–Crippen MR) is 160 cm³/mol. The summed E-state index contributed by atoms with van der Waals surface area (Å²) in [5.41, 5.74) is 1.62. The highest BCUT2D eigenvalue weighted by molar-refractivity contribution is 7.92. The van der Waals surface area contributed by atoms with E-state index in [2.05, 4.69) is 5.32 Å². The molecule has 0 heterocycles. The van der Waals surface area contributed by atoms with E-state index in [1.807, 2.05) is 6.92 Å². The van der Waals surface area contributed by atoms with Crippen molar-refractivity contribution in [1.29, 1.82) is 0 Å². The van der Waals surface area contributed by atoms with Crippen LogP contribution in [0.3, 0.4) is 0 Å². The normalized spacial score (nSPS) is 11.9. The molecule has 0 bridgehead atoms. The summed E-state index contributed by atoms with van der Waals surface area (Å²) in [6, 6.07) is 17.2. The molecule has 0 saturated carbocycles. The van der Waals surface area contributed by atoms with E-state index in [4.69, 9.17) is 21.1 Å². The molecule has 3 aromatic carbocycles. The molecule has 0 unspecified atom stereocenters. The molecule has 11 heteroatoms. The molecular formula is C30H36ClN3O6S. The summed E-state index contributed by atoms with van der Waals surface area (Å²) in [4.78, 5) is 28.6. The highest BCUT2D eigenvalue weighted by Gasteiger charge is 2.35. The molecule has 0 aliphatic rings. The van der Waals surface area contributed by atoms with Gasteiger partial charge in [0.2, 0.25) is 11.8 Å². The third-order valence-electron chi connectivity index (χ3n) is 6.58. The van der Waals surface area contributed by atoms with Crippen molar-refractivity contribution in [2.24, 2.45) is 0 Å². The second-order valence-electron chi connectivity index (χ2n) is 9.29. The van der Waals surface area contributed by atoms with Crippen LogP contribution in [0.4, 0.5) is 5.69 Å². The van der Waals surface area contributed by atoms with E-state index in [-0.39, 0.29) is 28.8 Å². The van der Waals surface area contributed by atoms with Crippen molar-refractivity contribution in [2.75, 3.05) is 31.6 Å². The van der Waals surface area contributed by atoms with Crippen LogP contribution >= 0.6 is 11.6 Å². The van der Waals surface area contributed by atoms with Crippen molar-refractivity contribution >= 4 is 39.1 Å². The van der Waals surface area contributed by atoms with Gasteiger partial charge in [0.15, 0.2) is 0 Å². The van der Waals surface area contributed by atoms with Crippen molar-refractivity contribution in [3.8, 4) is 11.5 Å². The van der Waals surface area contributed by atoms with Gasteiger partial charge in [0, 0.05) is 24.2 Å². The summed E-state index contributed by atoms with van der Waals surface area (Å²) in [5, 5.41) is 3.20. The molecule has 2 amide bonds. The van der Waals surface area contributed by atoms with E-state index in [1.54, 1.807) is 62.4 Å². The molecule has 0 saturated heterocycles. The van der Waals surface area contributed by atoms with Crippen LogP contribution in [-0.2, 0) is 26.2 Å². The zero-order valence-electron chi connectivity index (χ0n) is 23.9. The smallest absolute Gasteiger partial charge is 0.264 e. The van der Waals surface area contributed by atoms with Crippen LogP contribution in [0.5, 0.6) is 11.5 Å². The molecule has 220 valence electrons. The minimum Gasteiger partial charge on any atom is -0.497 e. The predicted octanol–water partition coefficient (Wildman–Crippen LogP) is 4.80. The standard InChI is InChI=1S/C30H36ClN3O6S/c1-6-26(30(36)32-7-2)33(19-22-10-8-9-11-25(22)31)29(35)20-34(27-18-23(39-4)14-17-28(27)40-5)41(37,38)24-15-12-21(3)13-16-24/h8-18,26H,6-7,19-20H2,1-5H3,(H,32,36)/t26-/m0/s1. The monoisotopic (exact) mass is 601 g/mol. The van der Waals surface area contributed by atoms with Gasteiger partial charge < -0.3 is 19.7 Å². The molecule has 1 atom stereocenters. The highest BCUT2D eigenvalue weighted by Crippen LogP contribution is 2.36. The lowest BCUT2D eigenvalue weighted by Gasteiger charge is -2.33. The van der Waals surface area contributed by atoms with E-state index in [1.165, 1.54) is 37.3 Å². The lowest BCUT2D eigenvalue weighted by atomic mass is 10.1. The number of likely N-dealkylation sites (N-methyl/N-ethyl adjacent to an activating group) is 1. The molecule has 0 aromatic heterocycles. The Hall–Kier alpha value is -3.76. The Morgan fingerprint density at radius 1 is 0.976 bits per heavy atom. The molecule has 0 aliphatic heterocycles. The van der Waals surface area contributed by atoms with Gasteiger partial charge in [-0.25, -0.2) is 8.42 Å². The third kappa shape index (κ3) is 7.51. The molecule has 0 fully saturated rings. The van der Waals surface area contributed by atoms with Gasteiger partial charge >= 0.3 is 0 Å². The van der Waals surface area contributed by atoms with Gasteiger partial charge in [0.1, 0.15) is 24.1 Å². The average Bonchev–Trinajstić information content (AvgIpc) is 2.96. The molecule has 0 aliphatic carbocycles. The van der Waals surface area contributed by atoms with Crippen LogP contribution in [0.25, 0.3) is 0 Å². The third-order valence-corrected chi connectivity index (χ3v) is 8.72. The lowest BCUT2D eigenvalue weighted by molar-refractivity contribution is -0.140. The van der Waals surface area contributed by atoms with Crippen LogP contribution < -0.4 is 19.1 Å². The van der Waals surface area contributed by atoms with Crippen molar-refractivity contribution < 1.29 is 27.5 Å². The Morgan fingerprint density at radius 3 is 2.24 bits per heavy atom. The molecule has 0 radical (unpaired) electrons. The largest absolute Gasteiger partial charge is 0.497 e. The van der Waals surface area contributed by atoms with Gasteiger partial charge in [0.25, 0.3) is 10.0 Å². The number of anilines is 1. The SMILES string of the molecule is CCNC(=O)[C@H](CC)N(Cc1ccccc1Cl)C(=O)CN(c1cc(OC)ccc1OC)S(=O)(=O)c1ccc(C)cc1. The summed E-state index contributed by atoms with van der Waals surface area (Å²) < 4.78 is 40.1. The summed E-state index contributed by atoms with van der Waals surface area (Å²) in [6.45, 7) is 5.19. The number of amides is 2.